The molecule has 0 bridgehead atoms. The number of nitrogens with zero attached hydrogens (tertiary/aromatic N) is 1. The summed E-state index contributed by atoms with van der Waals surface area (Å²) in [4.78, 5) is 5.19. The Bertz CT molecular complexity index is 479. The molecule has 86 valence electrons. The molecule has 2 nitrogen and oxygen atoms in total. The lowest BCUT2D eigenvalue weighted by atomic mass is 10.2. The number of hydrogen-bond acceptors (Lipinski definition) is 2. The second-order valence-electron chi connectivity index (χ2n) is 3.55. The molecule has 0 N–H and O–H groups in total. The van der Waals surface area contributed by atoms with Crippen molar-refractivity contribution in [1.29, 1.82) is 0 Å². The average Bonchev–Trinajstić information content (AvgIpc) is 2.38. The van der Waals surface area contributed by atoms with Crippen LogP contribution in [0.25, 0.3) is 0 Å². The van der Waals surface area contributed by atoms with Crippen LogP contribution in [0.3, 0.4) is 0 Å². The van der Waals surface area contributed by atoms with Crippen molar-refractivity contribution in [3.8, 4) is 0 Å². The first-order chi connectivity index (χ1) is 8.34. The second kappa shape index (κ2) is 6.06. The van der Waals surface area contributed by atoms with Crippen LogP contribution in [-0.2, 0) is 11.4 Å². The van der Waals surface area contributed by atoms with Crippen molar-refractivity contribution in [3.05, 3.63) is 70.7 Å². The van der Waals surface area contributed by atoms with Gasteiger partial charge in [-0.3, -0.25) is 0 Å². The van der Waals surface area contributed by atoms with Crippen LogP contribution >= 0.6 is 11.6 Å². The van der Waals surface area contributed by atoms with Crippen LogP contribution in [0.2, 0.25) is 5.02 Å². The highest BCUT2D eigenvalue weighted by Crippen LogP contribution is 2.08. The smallest absolute Gasteiger partial charge is 0.142 e. The summed E-state index contributed by atoms with van der Waals surface area (Å²) >= 11 is 5.78. The molecule has 0 aromatic heterocycles. The molecule has 0 saturated carbocycles. The minimum Gasteiger partial charge on any atom is -0.391 e. The number of rotatable bonds is 4. The molecule has 0 aliphatic carbocycles. The summed E-state index contributed by atoms with van der Waals surface area (Å²) in [5.74, 6) is 0. The quantitative estimate of drug-likeness (QED) is 0.592. The van der Waals surface area contributed by atoms with Crippen molar-refractivity contribution < 1.29 is 4.84 Å². The highest BCUT2D eigenvalue weighted by Gasteiger charge is 1.90. The highest BCUT2D eigenvalue weighted by atomic mass is 35.5. The number of benzene rings is 2. The summed E-state index contributed by atoms with van der Waals surface area (Å²) < 4.78 is 0. The first-order valence-corrected chi connectivity index (χ1v) is 5.67. The molecule has 0 unspecified atom stereocenters. The largest absolute Gasteiger partial charge is 0.391 e. The molecule has 2 rings (SSSR count). The van der Waals surface area contributed by atoms with E-state index in [2.05, 4.69) is 5.16 Å². The SMILES string of the molecule is Clc1ccc(C=NOCc2ccccc2)cc1. The van der Waals surface area contributed by atoms with Gasteiger partial charge in [-0.1, -0.05) is 59.2 Å². The van der Waals surface area contributed by atoms with Crippen LogP contribution in [0.15, 0.2) is 59.8 Å². The Hall–Kier alpha value is -1.80. The van der Waals surface area contributed by atoms with Gasteiger partial charge in [0.1, 0.15) is 6.61 Å². The molecular formula is C14H12ClNO. The van der Waals surface area contributed by atoms with Crippen LogP contribution in [0.1, 0.15) is 11.1 Å². The molecule has 0 aliphatic heterocycles. The van der Waals surface area contributed by atoms with Gasteiger partial charge in [0.25, 0.3) is 0 Å². The number of oxime groups is 1. The standard InChI is InChI=1S/C14H12ClNO/c15-14-8-6-12(7-9-14)10-16-17-11-13-4-2-1-3-5-13/h1-10H,11H2. The molecule has 0 atom stereocenters. The molecular weight excluding hydrogens is 234 g/mol. The van der Waals surface area contributed by atoms with Gasteiger partial charge in [-0.25, -0.2) is 0 Å². The lowest BCUT2D eigenvalue weighted by Gasteiger charge is -1.98. The minimum atomic E-state index is 0.477. The third-order valence-corrected chi connectivity index (χ3v) is 2.47. The maximum atomic E-state index is 5.78. The molecule has 0 saturated heterocycles. The van der Waals surface area contributed by atoms with Crippen LogP contribution < -0.4 is 0 Å². The second-order valence-corrected chi connectivity index (χ2v) is 3.98. The van der Waals surface area contributed by atoms with Gasteiger partial charge < -0.3 is 4.84 Å². The lowest BCUT2D eigenvalue weighted by Crippen LogP contribution is -1.87. The van der Waals surface area contributed by atoms with Gasteiger partial charge in [-0.15, -0.1) is 0 Å². The van der Waals surface area contributed by atoms with Gasteiger partial charge >= 0.3 is 0 Å². The first-order valence-electron chi connectivity index (χ1n) is 5.29. The van der Waals surface area contributed by atoms with Crippen molar-refractivity contribution in [2.45, 2.75) is 6.61 Å². The number of halogens is 1. The normalized spacial score (nSPS) is 10.6. The van der Waals surface area contributed by atoms with Gasteiger partial charge in [-0.05, 0) is 23.3 Å². The van der Waals surface area contributed by atoms with Crippen molar-refractivity contribution in [3.63, 3.8) is 0 Å². The van der Waals surface area contributed by atoms with Gasteiger partial charge in [0.2, 0.25) is 0 Å². The van der Waals surface area contributed by atoms with E-state index in [4.69, 9.17) is 16.4 Å². The van der Waals surface area contributed by atoms with E-state index in [0.717, 1.165) is 11.1 Å². The third-order valence-electron chi connectivity index (χ3n) is 2.22. The molecule has 0 fully saturated rings. The molecule has 0 amide bonds. The fraction of sp³-hybridized carbons (Fsp3) is 0.0714. The topological polar surface area (TPSA) is 21.6 Å². The molecule has 0 radical (unpaired) electrons. The summed E-state index contributed by atoms with van der Waals surface area (Å²) in [5.41, 5.74) is 2.06. The van der Waals surface area contributed by atoms with Gasteiger partial charge in [0, 0.05) is 5.02 Å². The molecule has 3 heteroatoms. The fourth-order valence-electron chi connectivity index (χ4n) is 1.33. The molecule has 0 aliphatic rings. The van der Waals surface area contributed by atoms with E-state index >= 15 is 0 Å². The maximum absolute atomic E-state index is 5.78. The Labute approximate surface area is 105 Å². The lowest BCUT2D eigenvalue weighted by molar-refractivity contribution is 0.132. The Morgan fingerprint density at radius 2 is 1.71 bits per heavy atom. The Balaban J connectivity index is 1.84. The zero-order valence-electron chi connectivity index (χ0n) is 9.21. The van der Waals surface area contributed by atoms with E-state index in [1.807, 2.05) is 54.6 Å². The summed E-state index contributed by atoms with van der Waals surface area (Å²) in [6.07, 6.45) is 1.67. The van der Waals surface area contributed by atoms with Gasteiger partial charge in [-0.2, -0.15) is 0 Å². The molecule has 17 heavy (non-hydrogen) atoms. The monoisotopic (exact) mass is 245 g/mol. The maximum Gasteiger partial charge on any atom is 0.142 e. The van der Waals surface area contributed by atoms with Crippen LogP contribution in [0.4, 0.5) is 0 Å². The fourth-order valence-corrected chi connectivity index (χ4v) is 1.46. The van der Waals surface area contributed by atoms with E-state index in [-0.39, 0.29) is 0 Å². The molecule has 2 aromatic carbocycles. The minimum absolute atomic E-state index is 0.477. The summed E-state index contributed by atoms with van der Waals surface area (Å²) in [5, 5.41) is 4.61. The predicted octanol–water partition coefficient (Wildman–Crippen LogP) is 3.89. The van der Waals surface area contributed by atoms with Crippen molar-refractivity contribution in [1.82, 2.24) is 0 Å². The van der Waals surface area contributed by atoms with Crippen molar-refractivity contribution in [2.75, 3.05) is 0 Å². The van der Waals surface area contributed by atoms with Crippen LogP contribution in [0, 0.1) is 0 Å². The van der Waals surface area contributed by atoms with Crippen molar-refractivity contribution >= 4 is 17.8 Å². The summed E-state index contributed by atoms with van der Waals surface area (Å²) in [6.45, 7) is 0.477. The third kappa shape index (κ3) is 3.93. The summed E-state index contributed by atoms with van der Waals surface area (Å²) in [6, 6.07) is 17.3. The zero-order valence-corrected chi connectivity index (χ0v) is 9.97. The molecule has 0 spiro atoms. The number of hydrogen-bond donors (Lipinski definition) is 0. The van der Waals surface area contributed by atoms with E-state index in [9.17, 15) is 0 Å². The first kappa shape index (κ1) is 11.7. The van der Waals surface area contributed by atoms with Gasteiger partial charge in [0.05, 0.1) is 6.21 Å². The van der Waals surface area contributed by atoms with Crippen LogP contribution in [0.5, 0.6) is 0 Å². The average molecular weight is 246 g/mol. The Morgan fingerprint density at radius 1 is 1.00 bits per heavy atom. The van der Waals surface area contributed by atoms with E-state index in [0.29, 0.717) is 11.6 Å². The van der Waals surface area contributed by atoms with E-state index < -0.39 is 0 Å². The van der Waals surface area contributed by atoms with Crippen molar-refractivity contribution in [2.24, 2.45) is 5.16 Å². The Kier molecular flexibility index (Phi) is 4.17. The molecule has 2 aromatic rings. The predicted molar refractivity (Wildman–Crippen MR) is 70.3 cm³/mol. The highest BCUT2D eigenvalue weighted by molar-refractivity contribution is 6.30. The Morgan fingerprint density at radius 3 is 2.41 bits per heavy atom. The van der Waals surface area contributed by atoms with E-state index in [1.54, 1.807) is 6.21 Å². The van der Waals surface area contributed by atoms with Crippen LogP contribution in [-0.4, -0.2) is 6.21 Å². The zero-order chi connectivity index (χ0) is 11.9. The van der Waals surface area contributed by atoms with Gasteiger partial charge in [0.15, 0.2) is 0 Å². The summed E-state index contributed by atoms with van der Waals surface area (Å²) in [7, 11) is 0. The van der Waals surface area contributed by atoms with E-state index in [1.165, 1.54) is 0 Å². The molecule has 0 heterocycles.